The largest absolute Gasteiger partial charge is 0.332 e. The first-order chi connectivity index (χ1) is 10.3. The lowest BCUT2D eigenvalue weighted by Gasteiger charge is -2.31. The van der Waals surface area contributed by atoms with Crippen molar-refractivity contribution in [3.63, 3.8) is 0 Å². The third kappa shape index (κ3) is 3.30. The maximum Gasteiger partial charge on any atom is 0.123 e. The molecule has 4 rings (SSSR count). The van der Waals surface area contributed by atoms with Crippen molar-refractivity contribution in [2.24, 2.45) is 5.92 Å². The average molecular weight is 289 g/mol. The van der Waals surface area contributed by atoms with Crippen molar-refractivity contribution in [2.45, 2.75) is 32.5 Å². The molecule has 0 unspecified atom stereocenters. The molecule has 116 valence electrons. The molecule has 0 spiro atoms. The second kappa shape index (κ2) is 5.71. The zero-order valence-corrected chi connectivity index (χ0v) is 13.2. The van der Waals surface area contributed by atoms with Gasteiger partial charge in [-0.15, -0.1) is 0 Å². The first-order valence-corrected chi connectivity index (χ1v) is 8.44. The van der Waals surface area contributed by atoms with Crippen LogP contribution in [0, 0.1) is 5.92 Å². The summed E-state index contributed by atoms with van der Waals surface area (Å²) in [5.41, 5.74) is 1.27. The highest BCUT2D eigenvalue weighted by Crippen LogP contribution is 2.30. The second-order valence-electron chi connectivity index (χ2n) is 7.10. The summed E-state index contributed by atoms with van der Waals surface area (Å²) in [6.07, 6.45) is 5.18. The predicted molar refractivity (Wildman–Crippen MR) is 83.0 cm³/mol. The third-order valence-electron chi connectivity index (χ3n) is 5.13. The van der Waals surface area contributed by atoms with E-state index in [1.165, 1.54) is 63.6 Å². The highest BCUT2D eigenvalue weighted by Gasteiger charge is 2.27. The summed E-state index contributed by atoms with van der Waals surface area (Å²) < 4.78 is 2.38. The summed E-state index contributed by atoms with van der Waals surface area (Å²) in [7, 11) is 2.21. The van der Waals surface area contributed by atoms with Gasteiger partial charge in [-0.1, -0.05) is 0 Å². The summed E-state index contributed by atoms with van der Waals surface area (Å²) in [6, 6.07) is 0. The zero-order chi connectivity index (χ0) is 14.2. The molecule has 1 aromatic rings. The van der Waals surface area contributed by atoms with Gasteiger partial charge in [0.2, 0.25) is 0 Å². The molecule has 0 radical (unpaired) electrons. The van der Waals surface area contributed by atoms with Crippen molar-refractivity contribution in [3.05, 3.63) is 17.7 Å². The summed E-state index contributed by atoms with van der Waals surface area (Å²) >= 11 is 0. The molecule has 1 saturated carbocycles. The fraction of sp³-hybridized carbons (Fsp3) is 0.812. The molecule has 5 nitrogen and oxygen atoms in total. The van der Waals surface area contributed by atoms with Gasteiger partial charge in [-0.3, -0.25) is 9.80 Å². The van der Waals surface area contributed by atoms with Gasteiger partial charge in [0.15, 0.2) is 0 Å². The maximum atomic E-state index is 4.91. The first kappa shape index (κ1) is 13.7. The molecule has 2 fully saturated rings. The summed E-state index contributed by atoms with van der Waals surface area (Å²) in [5.74, 6) is 2.27. The van der Waals surface area contributed by atoms with E-state index in [9.17, 15) is 0 Å². The Labute approximate surface area is 127 Å². The van der Waals surface area contributed by atoms with Gasteiger partial charge in [0.05, 0.1) is 12.2 Å². The van der Waals surface area contributed by atoms with Crippen molar-refractivity contribution in [2.75, 3.05) is 46.3 Å². The van der Waals surface area contributed by atoms with Crippen LogP contribution in [0.2, 0.25) is 0 Å². The smallest absolute Gasteiger partial charge is 0.123 e. The van der Waals surface area contributed by atoms with Gasteiger partial charge < -0.3 is 9.47 Å². The molecule has 0 atom stereocenters. The lowest BCUT2D eigenvalue weighted by Crippen LogP contribution is -2.43. The highest BCUT2D eigenvalue weighted by molar-refractivity contribution is 5.06. The molecular weight excluding hydrogens is 262 g/mol. The van der Waals surface area contributed by atoms with E-state index in [1.807, 2.05) is 0 Å². The summed E-state index contributed by atoms with van der Waals surface area (Å²) in [4.78, 5) is 12.4. The van der Waals surface area contributed by atoms with Crippen molar-refractivity contribution in [1.82, 2.24) is 24.3 Å². The Bertz CT molecular complexity index is 485. The molecular formula is C16H27N5. The van der Waals surface area contributed by atoms with Gasteiger partial charge in [-0.2, -0.15) is 0 Å². The van der Waals surface area contributed by atoms with Crippen LogP contribution in [0.25, 0.3) is 0 Å². The van der Waals surface area contributed by atoms with Crippen LogP contribution in [-0.2, 0) is 19.6 Å². The van der Waals surface area contributed by atoms with E-state index in [4.69, 9.17) is 4.98 Å². The van der Waals surface area contributed by atoms with Gasteiger partial charge in [0.25, 0.3) is 0 Å². The molecule has 1 saturated heterocycles. The summed E-state index contributed by atoms with van der Waals surface area (Å²) in [5, 5.41) is 0. The van der Waals surface area contributed by atoms with Gasteiger partial charge in [-0.05, 0) is 25.8 Å². The molecule has 0 amide bonds. The van der Waals surface area contributed by atoms with Crippen molar-refractivity contribution >= 4 is 0 Å². The zero-order valence-electron chi connectivity index (χ0n) is 13.2. The topological polar surface area (TPSA) is 27.5 Å². The van der Waals surface area contributed by atoms with Gasteiger partial charge in [0, 0.05) is 58.6 Å². The van der Waals surface area contributed by atoms with E-state index in [1.54, 1.807) is 0 Å². The van der Waals surface area contributed by atoms with Crippen molar-refractivity contribution in [3.8, 4) is 0 Å². The lowest BCUT2D eigenvalue weighted by molar-refractivity contribution is 0.147. The second-order valence-corrected chi connectivity index (χ2v) is 7.10. The molecule has 0 N–H and O–H groups in total. The van der Waals surface area contributed by atoms with Crippen LogP contribution in [0.5, 0.6) is 0 Å². The number of nitrogens with zero attached hydrogens (tertiary/aromatic N) is 5. The number of rotatable bonds is 4. The number of imidazole rings is 1. The average Bonchev–Trinajstić information content (AvgIpc) is 3.19. The molecule has 0 bridgehead atoms. The molecule has 21 heavy (non-hydrogen) atoms. The van der Waals surface area contributed by atoms with E-state index in [0.29, 0.717) is 0 Å². The molecule has 3 heterocycles. The third-order valence-corrected chi connectivity index (χ3v) is 5.13. The minimum atomic E-state index is 0.983. The van der Waals surface area contributed by atoms with Gasteiger partial charge in [0.1, 0.15) is 5.82 Å². The fourth-order valence-electron chi connectivity index (χ4n) is 3.49. The predicted octanol–water partition coefficient (Wildman–Crippen LogP) is 0.856. The van der Waals surface area contributed by atoms with E-state index in [2.05, 4.69) is 32.5 Å². The number of fused-ring (bicyclic) bond motifs is 1. The normalized spacial score (nSPS) is 25.2. The van der Waals surface area contributed by atoms with Crippen LogP contribution in [0.15, 0.2) is 6.20 Å². The van der Waals surface area contributed by atoms with Crippen molar-refractivity contribution < 1.29 is 0 Å². The van der Waals surface area contributed by atoms with Crippen LogP contribution in [0.3, 0.4) is 0 Å². The number of hydrogen-bond acceptors (Lipinski definition) is 4. The Hall–Kier alpha value is -0.910. The number of aromatic nitrogens is 2. The Morgan fingerprint density at radius 1 is 1.05 bits per heavy atom. The van der Waals surface area contributed by atoms with Gasteiger partial charge in [-0.25, -0.2) is 4.98 Å². The number of hydrogen-bond donors (Lipinski definition) is 0. The quantitative estimate of drug-likeness (QED) is 0.821. The van der Waals surface area contributed by atoms with Crippen LogP contribution in [-0.4, -0.2) is 70.6 Å². The SMILES string of the molecule is CN1CCN(Cc2cn3c(n2)CN(CC2CC2)CC3)CC1. The molecule has 2 aliphatic heterocycles. The van der Waals surface area contributed by atoms with Gasteiger partial charge >= 0.3 is 0 Å². The molecule has 1 aromatic heterocycles. The van der Waals surface area contributed by atoms with Crippen LogP contribution in [0.4, 0.5) is 0 Å². The van der Waals surface area contributed by atoms with Crippen LogP contribution >= 0.6 is 0 Å². The molecule has 5 heteroatoms. The van der Waals surface area contributed by atoms with Crippen LogP contribution < -0.4 is 0 Å². The maximum absolute atomic E-state index is 4.91. The van der Waals surface area contributed by atoms with E-state index < -0.39 is 0 Å². The van der Waals surface area contributed by atoms with Crippen molar-refractivity contribution in [1.29, 1.82) is 0 Å². The molecule has 1 aliphatic carbocycles. The summed E-state index contributed by atoms with van der Waals surface area (Å²) in [6.45, 7) is 10.4. The van der Waals surface area contributed by atoms with E-state index >= 15 is 0 Å². The van der Waals surface area contributed by atoms with E-state index in [0.717, 1.165) is 25.6 Å². The minimum Gasteiger partial charge on any atom is -0.332 e. The fourth-order valence-corrected chi connectivity index (χ4v) is 3.49. The first-order valence-electron chi connectivity index (χ1n) is 8.44. The standard InChI is InChI=1S/C16H27N5/c1-18-4-6-19(7-5-18)11-15-12-21-9-8-20(10-14-2-3-14)13-16(21)17-15/h12,14H,2-11,13H2,1H3. The monoisotopic (exact) mass is 289 g/mol. The Kier molecular flexibility index (Phi) is 3.73. The van der Waals surface area contributed by atoms with E-state index in [-0.39, 0.29) is 0 Å². The Morgan fingerprint density at radius 2 is 1.81 bits per heavy atom. The number of piperazine rings is 1. The molecule has 0 aromatic carbocycles. The number of likely N-dealkylation sites (N-methyl/N-ethyl adjacent to an activating group) is 1. The minimum absolute atomic E-state index is 0.983. The highest BCUT2D eigenvalue weighted by atomic mass is 15.3. The Morgan fingerprint density at radius 3 is 2.57 bits per heavy atom. The lowest BCUT2D eigenvalue weighted by atomic mass is 10.3. The van der Waals surface area contributed by atoms with Crippen LogP contribution in [0.1, 0.15) is 24.4 Å². The Balaban J connectivity index is 1.36. The molecule has 3 aliphatic rings.